The van der Waals surface area contributed by atoms with Crippen LogP contribution < -0.4 is 10.6 Å². The van der Waals surface area contributed by atoms with Crippen molar-refractivity contribution >= 4 is 40.4 Å². The van der Waals surface area contributed by atoms with Crippen molar-refractivity contribution in [1.29, 1.82) is 0 Å². The van der Waals surface area contributed by atoms with E-state index in [0.29, 0.717) is 11.2 Å². The van der Waals surface area contributed by atoms with Crippen molar-refractivity contribution in [2.24, 2.45) is 5.92 Å². The SMILES string of the molecule is CC(C)C(=O)Nc1ccccc1C(=O)Nc1n[nH]c2cc(C(=O)O)oc12. The summed E-state index contributed by atoms with van der Waals surface area (Å²) in [5, 5.41) is 20.7. The first-order chi connectivity index (χ1) is 12.4. The van der Waals surface area contributed by atoms with Crippen molar-refractivity contribution in [3.05, 3.63) is 41.7 Å². The first kappa shape index (κ1) is 17.2. The van der Waals surface area contributed by atoms with E-state index in [-0.39, 0.29) is 34.5 Å². The summed E-state index contributed by atoms with van der Waals surface area (Å²) in [4.78, 5) is 35.5. The van der Waals surface area contributed by atoms with E-state index >= 15 is 0 Å². The van der Waals surface area contributed by atoms with Gasteiger partial charge in [-0.1, -0.05) is 26.0 Å². The molecule has 3 rings (SSSR count). The Balaban J connectivity index is 1.87. The number of anilines is 2. The molecule has 0 atom stereocenters. The van der Waals surface area contributed by atoms with Gasteiger partial charge >= 0.3 is 5.97 Å². The molecule has 1 aromatic carbocycles. The maximum Gasteiger partial charge on any atom is 0.371 e. The molecule has 0 aliphatic rings. The van der Waals surface area contributed by atoms with E-state index in [0.717, 1.165) is 0 Å². The van der Waals surface area contributed by atoms with E-state index < -0.39 is 11.9 Å². The van der Waals surface area contributed by atoms with Gasteiger partial charge in [0.1, 0.15) is 5.52 Å². The number of carbonyl (C=O) groups excluding carboxylic acids is 2. The molecule has 0 spiro atoms. The van der Waals surface area contributed by atoms with Gasteiger partial charge in [0, 0.05) is 12.0 Å². The van der Waals surface area contributed by atoms with Gasteiger partial charge < -0.3 is 20.2 Å². The molecule has 9 nitrogen and oxygen atoms in total. The lowest BCUT2D eigenvalue weighted by Gasteiger charge is -2.12. The minimum absolute atomic E-state index is 0.0579. The summed E-state index contributed by atoms with van der Waals surface area (Å²) in [6.07, 6.45) is 0. The fraction of sp³-hybridized carbons (Fsp3) is 0.176. The van der Waals surface area contributed by atoms with Crippen LogP contribution in [0.3, 0.4) is 0 Å². The Hall–Kier alpha value is -3.62. The number of para-hydroxylation sites is 1. The second-order valence-corrected chi connectivity index (χ2v) is 5.87. The van der Waals surface area contributed by atoms with E-state index in [1.165, 1.54) is 6.07 Å². The number of rotatable bonds is 5. The van der Waals surface area contributed by atoms with Crippen LogP contribution >= 0.6 is 0 Å². The molecule has 3 aromatic rings. The van der Waals surface area contributed by atoms with Crippen LogP contribution in [0.5, 0.6) is 0 Å². The Kier molecular flexibility index (Phi) is 4.44. The highest BCUT2D eigenvalue weighted by atomic mass is 16.4. The average Bonchev–Trinajstić information content (AvgIpc) is 3.17. The zero-order chi connectivity index (χ0) is 18.8. The number of carboxylic acids is 1. The fourth-order valence-electron chi connectivity index (χ4n) is 2.25. The Bertz CT molecular complexity index is 1000. The number of H-pyrrole nitrogens is 1. The van der Waals surface area contributed by atoms with Gasteiger partial charge in [-0.15, -0.1) is 0 Å². The number of aromatic carboxylic acids is 1. The lowest BCUT2D eigenvalue weighted by atomic mass is 10.1. The third-order valence-corrected chi connectivity index (χ3v) is 3.63. The Morgan fingerprint density at radius 3 is 2.62 bits per heavy atom. The van der Waals surface area contributed by atoms with Gasteiger partial charge in [0.25, 0.3) is 5.91 Å². The van der Waals surface area contributed by atoms with Gasteiger partial charge in [0.2, 0.25) is 11.7 Å². The van der Waals surface area contributed by atoms with Crippen molar-refractivity contribution in [2.45, 2.75) is 13.8 Å². The van der Waals surface area contributed by atoms with Crippen LogP contribution in [0.2, 0.25) is 0 Å². The summed E-state index contributed by atoms with van der Waals surface area (Å²) in [5.74, 6) is -2.42. The number of amides is 2. The minimum Gasteiger partial charge on any atom is -0.475 e. The summed E-state index contributed by atoms with van der Waals surface area (Å²) in [6, 6.07) is 7.81. The van der Waals surface area contributed by atoms with Crippen molar-refractivity contribution < 1.29 is 23.9 Å². The van der Waals surface area contributed by atoms with Gasteiger partial charge in [0.05, 0.1) is 11.3 Å². The standard InChI is InChI=1S/C17H16N4O5/c1-8(2)15(22)18-10-6-4-3-5-9(10)16(23)19-14-13-11(20-21-14)7-12(26-13)17(24)25/h3-8H,1-2H3,(H,18,22)(H,24,25)(H2,19,20,21,23). The number of carbonyl (C=O) groups is 3. The molecule has 0 fully saturated rings. The van der Waals surface area contributed by atoms with E-state index in [1.54, 1.807) is 38.1 Å². The number of furan rings is 1. The monoisotopic (exact) mass is 356 g/mol. The molecule has 9 heteroatoms. The Labute approximate surface area is 147 Å². The zero-order valence-corrected chi connectivity index (χ0v) is 14.0. The summed E-state index contributed by atoms with van der Waals surface area (Å²) in [6.45, 7) is 3.49. The number of aromatic amines is 1. The lowest BCUT2D eigenvalue weighted by molar-refractivity contribution is -0.118. The molecule has 4 N–H and O–H groups in total. The number of fused-ring (bicyclic) bond motifs is 1. The van der Waals surface area contributed by atoms with Crippen LogP contribution in [0.15, 0.2) is 34.7 Å². The second kappa shape index (κ2) is 6.71. The summed E-state index contributed by atoms with van der Waals surface area (Å²) in [7, 11) is 0. The topological polar surface area (TPSA) is 137 Å². The third-order valence-electron chi connectivity index (χ3n) is 3.63. The second-order valence-electron chi connectivity index (χ2n) is 5.87. The van der Waals surface area contributed by atoms with E-state index in [4.69, 9.17) is 9.52 Å². The third kappa shape index (κ3) is 3.27. The summed E-state index contributed by atoms with van der Waals surface area (Å²) < 4.78 is 5.19. The quantitative estimate of drug-likeness (QED) is 0.554. The zero-order valence-electron chi connectivity index (χ0n) is 14.0. The van der Waals surface area contributed by atoms with Gasteiger partial charge in [-0.2, -0.15) is 5.10 Å². The van der Waals surface area contributed by atoms with Crippen LogP contribution in [-0.2, 0) is 4.79 Å². The molecule has 0 aliphatic heterocycles. The predicted octanol–water partition coefficient (Wildman–Crippen LogP) is 2.70. The molecular formula is C17H16N4O5. The summed E-state index contributed by atoms with van der Waals surface area (Å²) in [5.41, 5.74) is 1.07. The highest BCUT2D eigenvalue weighted by Gasteiger charge is 2.20. The van der Waals surface area contributed by atoms with Gasteiger partial charge in [-0.05, 0) is 12.1 Å². The number of nitrogens with zero attached hydrogens (tertiary/aromatic N) is 1. The number of nitrogens with one attached hydrogen (secondary N) is 3. The number of carboxylic acid groups (broad SMARTS) is 1. The maximum absolute atomic E-state index is 12.6. The average molecular weight is 356 g/mol. The van der Waals surface area contributed by atoms with Crippen LogP contribution in [0.4, 0.5) is 11.5 Å². The van der Waals surface area contributed by atoms with E-state index in [2.05, 4.69) is 20.8 Å². The Morgan fingerprint density at radius 2 is 1.92 bits per heavy atom. The van der Waals surface area contributed by atoms with Crippen LogP contribution in [-0.4, -0.2) is 33.1 Å². The van der Waals surface area contributed by atoms with E-state index in [1.807, 2.05) is 0 Å². The maximum atomic E-state index is 12.6. The minimum atomic E-state index is -1.23. The number of aromatic nitrogens is 2. The fourth-order valence-corrected chi connectivity index (χ4v) is 2.25. The highest BCUT2D eigenvalue weighted by molar-refractivity contribution is 6.12. The van der Waals surface area contributed by atoms with Crippen molar-refractivity contribution in [3.63, 3.8) is 0 Å². The molecule has 0 radical (unpaired) electrons. The molecule has 2 heterocycles. The normalized spacial score (nSPS) is 10.9. The first-order valence-electron chi connectivity index (χ1n) is 7.79. The number of hydrogen-bond acceptors (Lipinski definition) is 5. The molecular weight excluding hydrogens is 340 g/mol. The van der Waals surface area contributed by atoms with Crippen LogP contribution in [0.25, 0.3) is 11.1 Å². The van der Waals surface area contributed by atoms with Crippen LogP contribution in [0.1, 0.15) is 34.8 Å². The number of benzene rings is 1. The van der Waals surface area contributed by atoms with Crippen molar-refractivity contribution in [2.75, 3.05) is 10.6 Å². The smallest absolute Gasteiger partial charge is 0.371 e. The largest absolute Gasteiger partial charge is 0.475 e. The van der Waals surface area contributed by atoms with Crippen molar-refractivity contribution in [3.8, 4) is 0 Å². The molecule has 0 saturated carbocycles. The van der Waals surface area contributed by atoms with Gasteiger partial charge in [0.15, 0.2) is 11.4 Å². The Morgan fingerprint density at radius 1 is 1.19 bits per heavy atom. The highest BCUT2D eigenvalue weighted by Crippen LogP contribution is 2.25. The van der Waals surface area contributed by atoms with Gasteiger partial charge in [-0.3, -0.25) is 14.7 Å². The molecule has 2 amide bonds. The lowest BCUT2D eigenvalue weighted by Crippen LogP contribution is -2.21. The van der Waals surface area contributed by atoms with Gasteiger partial charge in [-0.25, -0.2) is 4.79 Å². The predicted molar refractivity (Wildman–Crippen MR) is 93.2 cm³/mol. The molecule has 0 bridgehead atoms. The molecule has 0 unspecified atom stereocenters. The first-order valence-corrected chi connectivity index (χ1v) is 7.79. The molecule has 0 aliphatic carbocycles. The number of hydrogen-bond donors (Lipinski definition) is 4. The summed E-state index contributed by atoms with van der Waals surface area (Å²) >= 11 is 0. The van der Waals surface area contributed by atoms with Crippen LogP contribution in [0, 0.1) is 5.92 Å². The van der Waals surface area contributed by atoms with E-state index in [9.17, 15) is 14.4 Å². The van der Waals surface area contributed by atoms with Crippen molar-refractivity contribution in [1.82, 2.24) is 10.2 Å². The molecule has 2 aromatic heterocycles. The molecule has 26 heavy (non-hydrogen) atoms. The molecule has 0 saturated heterocycles. The molecule has 134 valence electrons.